The van der Waals surface area contributed by atoms with Gasteiger partial charge in [-0.2, -0.15) is 0 Å². The van der Waals surface area contributed by atoms with Gasteiger partial charge in [-0.25, -0.2) is 0 Å². The van der Waals surface area contributed by atoms with Gasteiger partial charge in [0, 0.05) is 20.1 Å². The van der Waals surface area contributed by atoms with Crippen molar-refractivity contribution in [3.8, 4) is 5.75 Å². The zero-order chi connectivity index (χ0) is 12.0. The zero-order valence-electron chi connectivity index (χ0n) is 10.7. The standard InChI is InChI=1S/C13H22N2O/c1-11(2)16-13-8-6-5-7-12(13)15(4)10-9-14-3/h5-8,11,14H,9-10H2,1-4H3. The molecule has 0 fully saturated rings. The fraction of sp³-hybridized carbons (Fsp3) is 0.538. The first-order chi connectivity index (χ1) is 7.65. The number of benzene rings is 1. The number of hydrogen-bond acceptors (Lipinski definition) is 3. The van der Waals surface area contributed by atoms with Crippen molar-refractivity contribution in [3.05, 3.63) is 24.3 Å². The molecule has 0 aliphatic rings. The summed E-state index contributed by atoms with van der Waals surface area (Å²) in [5, 5.41) is 3.15. The minimum absolute atomic E-state index is 0.207. The van der Waals surface area contributed by atoms with Crippen LogP contribution in [0, 0.1) is 0 Å². The van der Waals surface area contributed by atoms with E-state index in [1.54, 1.807) is 0 Å². The van der Waals surface area contributed by atoms with Crippen LogP contribution in [-0.2, 0) is 0 Å². The van der Waals surface area contributed by atoms with Crippen LogP contribution in [0.3, 0.4) is 0 Å². The molecule has 0 spiro atoms. The number of hydrogen-bond donors (Lipinski definition) is 1. The minimum Gasteiger partial charge on any atom is -0.489 e. The summed E-state index contributed by atoms with van der Waals surface area (Å²) < 4.78 is 5.78. The lowest BCUT2D eigenvalue weighted by Gasteiger charge is -2.23. The van der Waals surface area contributed by atoms with Gasteiger partial charge >= 0.3 is 0 Å². The van der Waals surface area contributed by atoms with Crippen LogP contribution in [0.25, 0.3) is 0 Å². The predicted octanol–water partition coefficient (Wildman–Crippen LogP) is 2.13. The van der Waals surface area contributed by atoms with E-state index in [4.69, 9.17) is 4.74 Å². The van der Waals surface area contributed by atoms with E-state index in [2.05, 4.69) is 23.3 Å². The highest BCUT2D eigenvalue weighted by Gasteiger charge is 2.08. The molecule has 0 bridgehead atoms. The summed E-state index contributed by atoms with van der Waals surface area (Å²) in [6, 6.07) is 8.16. The maximum atomic E-state index is 5.78. The van der Waals surface area contributed by atoms with Crippen molar-refractivity contribution in [3.63, 3.8) is 0 Å². The number of nitrogens with one attached hydrogen (secondary N) is 1. The molecule has 1 aromatic rings. The Bertz CT molecular complexity index is 313. The van der Waals surface area contributed by atoms with Crippen LogP contribution in [0.1, 0.15) is 13.8 Å². The molecular formula is C13H22N2O. The highest BCUT2D eigenvalue weighted by atomic mass is 16.5. The van der Waals surface area contributed by atoms with Gasteiger partial charge in [0.2, 0.25) is 0 Å². The number of ether oxygens (including phenoxy) is 1. The molecule has 16 heavy (non-hydrogen) atoms. The second-order valence-corrected chi connectivity index (χ2v) is 4.16. The highest BCUT2D eigenvalue weighted by molar-refractivity contribution is 5.57. The average Bonchev–Trinajstić information content (AvgIpc) is 2.26. The number of anilines is 1. The number of rotatable bonds is 6. The van der Waals surface area contributed by atoms with Crippen LogP contribution < -0.4 is 15.0 Å². The number of likely N-dealkylation sites (N-methyl/N-ethyl adjacent to an activating group) is 2. The molecule has 0 aliphatic heterocycles. The molecule has 0 aliphatic carbocycles. The molecule has 0 radical (unpaired) electrons. The fourth-order valence-electron chi connectivity index (χ4n) is 1.53. The van der Waals surface area contributed by atoms with Gasteiger partial charge in [0.05, 0.1) is 11.8 Å². The molecule has 0 amide bonds. The van der Waals surface area contributed by atoms with Gasteiger partial charge in [0.25, 0.3) is 0 Å². The Kier molecular flexibility index (Phi) is 5.12. The summed E-state index contributed by atoms with van der Waals surface area (Å²) in [5.41, 5.74) is 1.14. The van der Waals surface area contributed by atoms with Gasteiger partial charge in [0.15, 0.2) is 0 Å². The molecule has 3 heteroatoms. The maximum absolute atomic E-state index is 5.78. The maximum Gasteiger partial charge on any atom is 0.142 e. The average molecular weight is 222 g/mol. The van der Waals surface area contributed by atoms with Crippen LogP contribution in [0.5, 0.6) is 5.75 Å². The van der Waals surface area contributed by atoms with Crippen molar-refractivity contribution < 1.29 is 4.74 Å². The Morgan fingerprint density at radius 3 is 2.62 bits per heavy atom. The monoisotopic (exact) mass is 222 g/mol. The Morgan fingerprint density at radius 2 is 2.00 bits per heavy atom. The molecule has 1 aromatic carbocycles. The number of para-hydroxylation sites is 2. The van der Waals surface area contributed by atoms with E-state index >= 15 is 0 Å². The van der Waals surface area contributed by atoms with Crippen molar-refractivity contribution >= 4 is 5.69 Å². The second kappa shape index (κ2) is 6.38. The van der Waals surface area contributed by atoms with Gasteiger partial charge in [0.1, 0.15) is 5.75 Å². The van der Waals surface area contributed by atoms with Gasteiger partial charge in [-0.3, -0.25) is 0 Å². The van der Waals surface area contributed by atoms with Crippen molar-refractivity contribution in [2.75, 3.05) is 32.1 Å². The topological polar surface area (TPSA) is 24.5 Å². The smallest absolute Gasteiger partial charge is 0.142 e. The minimum atomic E-state index is 0.207. The van der Waals surface area contributed by atoms with E-state index in [-0.39, 0.29) is 6.10 Å². The third-order valence-corrected chi connectivity index (χ3v) is 2.34. The van der Waals surface area contributed by atoms with E-state index in [1.165, 1.54) is 0 Å². The van der Waals surface area contributed by atoms with Crippen molar-refractivity contribution in [2.24, 2.45) is 0 Å². The Labute approximate surface area is 98.4 Å². The first-order valence-corrected chi connectivity index (χ1v) is 5.76. The van der Waals surface area contributed by atoms with Gasteiger partial charge in [-0.15, -0.1) is 0 Å². The zero-order valence-corrected chi connectivity index (χ0v) is 10.7. The Hall–Kier alpha value is -1.22. The van der Waals surface area contributed by atoms with E-state index in [0.717, 1.165) is 24.5 Å². The quantitative estimate of drug-likeness (QED) is 0.798. The van der Waals surface area contributed by atoms with Crippen LogP contribution in [0.15, 0.2) is 24.3 Å². The summed E-state index contributed by atoms with van der Waals surface area (Å²) >= 11 is 0. The molecule has 1 N–H and O–H groups in total. The SMILES string of the molecule is CNCCN(C)c1ccccc1OC(C)C. The summed E-state index contributed by atoms with van der Waals surface area (Å²) in [4.78, 5) is 2.20. The molecule has 0 saturated heterocycles. The molecule has 0 unspecified atom stereocenters. The van der Waals surface area contributed by atoms with Crippen LogP contribution >= 0.6 is 0 Å². The summed E-state index contributed by atoms with van der Waals surface area (Å²) in [7, 11) is 4.05. The molecule has 0 heterocycles. The lowest BCUT2D eigenvalue weighted by atomic mass is 10.2. The third-order valence-electron chi connectivity index (χ3n) is 2.34. The van der Waals surface area contributed by atoms with Crippen LogP contribution in [-0.4, -0.2) is 33.3 Å². The predicted molar refractivity (Wildman–Crippen MR) is 69.4 cm³/mol. The second-order valence-electron chi connectivity index (χ2n) is 4.16. The first kappa shape index (κ1) is 12.8. The molecule has 0 atom stereocenters. The van der Waals surface area contributed by atoms with E-state index in [0.29, 0.717) is 0 Å². The van der Waals surface area contributed by atoms with Crippen LogP contribution in [0.2, 0.25) is 0 Å². The molecular weight excluding hydrogens is 200 g/mol. The highest BCUT2D eigenvalue weighted by Crippen LogP contribution is 2.27. The van der Waals surface area contributed by atoms with Gasteiger partial charge in [-0.1, -0.05) is 12.1 Å². The Balaban J connectivity index is 2.76. The largest absolute Gasteiger partial charge is 0.489 e. The fourth-order valence-corrected chi connectivity index (χ4v) is 1.53. The molecule has 0 saturated carbocycles. The van der Waals surface area contributed by atoms with E-state index < -0.39 is 0 Å². The summed E-state index contributed by atoms with van der Waals surface area (Å²) in [5.74, 6) is 0.955. The lowest BCUT2D eigenvalue weighted by molar-refractivity contribution is 0.243. The van der Waals surface area contributed by atoms with Gasteiger partial charge in [-0.05, 0) is 33.0 Å². The summed E-state index contributed by atoms with van der Waals surface area (Å²) in [6.07, 6.45) is 0.207. The third kappa shape index (κ3) is 3.74. The normalized spacial score (nSPS) is 10.6. The van der Waals surface area contributed by atoms with Crippen molar-refractivity contribution in [1.29, 1.82) is 0 Å². The van der Waals surface area contributed by atoms with Gasteiger partial charge < -0.3 is 15.0 Å². The molecule has 1 rings (SSSR count). The van der Waals surface area contributed by atoms with E-state index in [9.17, 15) is 0 Å². The Morgan fingerprint density at radius 1 is 1.31 bits per heavy atom. The van der Waals surface area contributed by atoms with Crippen molar-refractivity contribution in [1.82, 2.24) is 5.32 Å². The molecule has 0 aromatic heterocycles. The van der Waals surface area contributed by atoms with Crippen LogP contribution in [0.4, 0.5) is 5.69 Å². The first-order valence-electron chi connectivity index (χ1n) is 5.76. The van der Waals surface area contributed by atoms with E-state index in [1.807, 2.05) is 39.1 Å². The molecule has 3 nitrogen and oxygen atoms in total. The lowest BCUT2D eigenvalue weighted by Crippen LogP contribution is -2.27. The molecule has 90 valence electrons. The number of nitrogens with zero attached hydrogens (tertiary/aromatic N) is 1. The van der Waals surface area contributed by atoms with Crippen molar-refractivity contribution in [2.45, 2.75) is 20.0 Å². The summed E-state index contributed by atoms with van der Waals surface area (Å²) in [6.45, 7) is 6.02.